The van der Waals surface area contributed by atoms with Gasteiger partial charge in [-0.2, -0.15) is 0 Å². The zero-order valence-corrected chi connectivity index (χ0v) is 15.4. The number of carbonyl (C=O) groups excluding carboxylic acids is 2. The topological polar surface area (TPSA) is 58.6 Å². The van der Waals surface area contributed by atoms with E-state index in [4.69, 9.17) is 4.74 Å². The van der Waals surface area contributed by atoms with Gasteiger partial charge < -0.3 is 15.0 Å². The molecular formula is C21H24N2O3. The van der Waals surface area contributed by atoms with Crippen LogP contribution >= 0.6 is 0 Å². The molecular weight excluding hydrogens is 328 g/mol. The first kappa shape index (κ1) is 18.0. The largest absolute Gasteiger partial charge is 0.444 e. The summed E-state index contributed by atoms with van der Waals surface area (Å²) in [4.78, 5) is 26.9. The molecule has 0 spiro atoms. The number of nitrogens with zero attached hydrogens (tertiary/aromatic N) is 1. The minimum Gasteiger partial charge on any atom is -0.444 e. The van der Waals surface area contributed by atoms with E-state index in [2.05, 4.69) is 5.32 Å². The monoisotopic (exact) mass is 352 g/mol. The van der Waals surface area contributed by atoms with E-state index < -0.39 is 17.7 Å². The van der Waals surface area contributed by atoms with Gasteiger partial charge in [0.05, 0.1) is 6.54 Å². The predicted octanol–water partition coefficient (Wildman–Crippen LogP) is 3.67. The molecule has 0 bridgehead atoms. The average molecular weight is 352 g/mol. The summed E-state index contributed by atoms with van der Waals surface area (Å²) in [6.07, 6.45) is -0.116. The number of nitrogens with one attached hydrogen (secondary N) is 1. The van der Waals surface area contributed by atoms with Crippen molar-refractivity contribution in [3.8, 4) is 0 Å². The molecule has 2 aromatic rings. The fourth-order valence-electron chi connectivity index (χ4n) is 3.05. The fourth-order valence-corrected chi connectivity index (χ4v) is 3.05. The number of carbonyl (C=O) groups is 2. The van der Waals surface area contributed by atoms with Crippen LogP contribution in [-0.2, 0) is 22.5 Å². The maximum absolute atomic E-state index is 13.0. The van der Waals surface area contributed by atoms with Crippen LogP contribution in [0.25, 0.3) is 0 Å². The molecule has 3 rings (SSSR count). The van der Waals surface area contributed by atoms with Crippen LogP contribution in [0, 0.1) is 0 Å². The van der Waals surface area contributed by atoms with Crippen molar-refractivity contribution >= 4 is 17.7 Å². The molecule has 0 aliphatic carbocycles. The third-order valence-corrected chi connectivity index (χ3v) is 4.15. The Hall–Kier alpha value is -2.82. The molecule has 1 heterocycles. The van der Waals surface area contributed by atoms with Crippen molar-refractivity contribution in [2.24, 2.45) is 0 Å². The Kier molecular flexibility index (Phi) is 4.98. The second kappa shape index (κ2) is 7.20. The van der Waals surface area contributed by atoms with Gasteiger partial charge in [-0.05, 0) is 38.0 Å². The van der Waals surface area contributed by atoms with Crippen molar-refractivity contribution < 1.29 is 14.3 Å². The summed E-state index contributed by atoms with van der Waals surface area (Å²) in [7, 11) is 0. The number of amides is 2. The molecule has 0 radical (unpaired) electrons. The molecule has 0 aromatic heterocycles. The van der Waals surface area contributed by atoms with Gasteiger partial charge in [0.25, 0.3) is 0 Å². The molecule has 2 aromatic carbocycles. The number of alkyl carbamates (subject to hydrolysis) is 1. The highest BCUT2D eigenvalue weighted by atomic mass is 16.6. The molecule has 5 nitrogen and oxygen atoms in total. The Labute approximate surface area is 154 Å². The Bertz CT molecular complexity index is 796. The van der Waals surface area contributed by atoms with E-state index in [1.165, 1.54) is 0 Å². The first-order chi connectivity index (χ1) is 12.3. The number of para-hydroxylation sites is 1. The molecule has 0 unspecified atom stereocenters. The lowest BCUT2D eigenvalue weighted by Gasteiger charge is -2.35. The van der Waals surface area contributed by atoms with Crippen molar-refractivity contribution in [1.29, 1.82) is 0 Å². The fraction of sp³-hybridized carbons (Fsp3) is 0.333. The number of hydrogen-bond donors (Lipinski definition) is 1. The van der Waals surface area contributed by atoms with Gasteiger partial charge in [0.15, 0.2) is 0 Å². The van der Waals surface area contributed by atoms with Gasteiger partial charge in [0, 0.05) is 12.1 Å². The summed E-state index contributed by atoms with van der Waals surface area (Å²) < 4.78 is 5.31. The molecule has 0 saturated carbocycles. The third kappa shape index (κ3) is 4.23. The summed E-state index contributed by atoms with van der Waals surface area (Å²) in [5.41, 5.74) is 2.35. The molecule has 1 aliphatic heterocycles. The Morgan fingerprint density at radius 2 is 1.77 bits per heavy atom. The molecule has 0 fully saturated rings. The number of rotatable bonds is 3. The minimum absolute atomic E-state index is 0.126. The lowest BCUT2D eigenvalue weighted by Crippen LogP contribution is -2.53. The van der Waals surface area contributed by atoms with E-state index in [0.717, 1.165) is 16.8 Å². The van der Waals surface area contributed by atoms with E-state index in [0.29, 0.717) is 13.0 Å². The quantitative estimate of drug-likeness (QED) is 0.917. The van der Waals surface area contributed by atoms with Crippen molar-refractivity contribution in [1.82, 2.24) is 5.32 Å². The van der Waals surface area contributed by atoms with Crippen molar-refractivity contribution in [2.75, 3.05) is 4.90 Å². The van der Waals surface area contributed by atoms with E-state index in [9.17, 15) is 9.59 Å². The van der Waals surface area contributed by atoms with Gasteiger partial charge in [-0.3, -0.25) is 4.79 Å². The zero-order chi connectivity index (χ0) is 18.7. The van der Waals surface area contributed by atoms with Gasteiger partial charge in [-0.1, -0.05) is 48.5 Å². The average Bonchev–Trinajstić information content (AvgIpc) is 2.58. The van der Waals surface area contributed by atoms with Gasteiger partial charge in [0.1, 0.15) is 11.6 Å². The molecule has 1 aliphatic rings. The lowest BCUT2D eigenvalue weighted by molar-refractivity contribution is -0.121. The minimum atomic E-state index is -0.636. The maximum atomic E-state index is 13.0. The zero-order valence-electron chi connectivity index (χ0n) is 15.4. The molecule has 1 atom stereocenters. The number of anilines is 1. The first-order valence-corrected chi connectivity index (χ1v) is 8.76. The second-order valence-corrected chi connectivity index (χ2v) is 7.44. The Balaban J connectivity index is 1.84. The highest BCUT2D eigenvalue weighted by molar-refractivity contribution is 6.01. The van der Waals surface area contributed by atoms with Gasteiger partial charge in [-0.15, -0.1) is 0 Å². The smallest absolute Gasteiger partial charge is 0.408 e. The normalized spacial score (nSPS) is 16.8. The van der Waals surface area contributed by atoms with Crippen molar-refractivity contribution in [2.45, 2.75) is 45.4 Å². The summed E-state index contributed by atoms with van der Waals surface area (Å²) >= 11 is 0. The van der Waals surface area contributed by atoms with E-state index >= 15 is 0 Å². The lowest BCUT2D eigenvalue weighted by atomic mass is 9.96. The van der Waals surface area contributed by atoms with Crippen LogP contribution in [0.1, 0.15) is 31.9 Å². The Morgan fingerprint density at radius 3 is 2.46 bits per heavy atom. The van der Waals surface area contributed by atoms with E-state index in [1.54, 1.807) is 25.7 Å². The van der Waals surface area contributed by atoms with Crippen LogP contribution < -0.4 is 10.2 Å². The third-order valence-electron chi connectivity index (χ3n) is 4.15. The summed E-state index contributed by atoms with van der Waals surface area (Å²) in [5, 5.41) is 2.73. The van der Waals surface area contributed by atoms with Crippen LogP contribution in [-0.4, -0.2) is 23.6 Å². The predicted molar refractivity (Wildman–Crippen MR) is 101 cm³/mol. The molecule has 2 amide bonds. The van der Waals surface area contributed by atoms with E-state index in [1.807, 2.05) is 54.6 Å². The van der Waals surface area contributed by atoms with Crippen molar-refractivity contribution in [3.63, 3.8) is 0 Å². The van der Waals surface area contributed by atoms with Gasteiger partial charge in [-0.25, -0.2) is 4.79 Å². The van der Waals surface area contributed by atoms with Crippen molar-refractivity contribution in [3.05, 3.63) is 65.7 Å². The summed E-state index contributed by atoms with van der Waals surface area (Å²) in [6, 6.07) is 17.0. The molecule has 136 valence electrons. The SMILES string of the molecule is CC(C)(C)OC(=O)N[C@@H]1Cc2ccccc2N(Cc2ccccc2)C1=O. The first-order valence-electron chi connectivity index (χ1n) is 8.76. The van der Waals surface area contributed by atoms with Gasteiger partial charge >= 0.3 is 6.09 Å². The summed E-state index contributed by atoms with van der Waals surface area (Å²) in [6.45, 7) is 5.86. The highest BCUT2D eigenvalue weighted by Crippen LogP contribution is 2.29. The van der Waals surface area contributed by atoms with Crippen LogP contribution in [0.5, 0.6) is 0 Å². The number of fused-ring (bicyclic) bond motifs is 1. The number of hydrogen-bond acceptors (Lipinski definition) is 3. The second-order valence-electron chi connectivity index (χ2n) is 7.44. The van der Waals surface area contributed by atoms with Crippen LogP contribution in [0.3, 0.4) is 0 Å². The van der Waals surface area contributed by atoms with Crippen LogP contribution in [0.2, 0.25) is 0 Å². The van der Waals surface area contributed by atoms with Crippen LogP contribution in [0.15, 0.2) is 54.6 Å². The van der Waals surface area contributed by atoms with E-state index in [-0.39, 0.29) is 5.91 Å². The highest BCUT2D eigenvalue weighted by Gasteiger charge is 2.34. The molecule has 0 saturated heterocycles. The summed E-state index contributed by atoms with van der Waals surface area (Å²) in [5.74, 6) is -0.126. The number of ether oxygens (including phenoxy) is 1. The number of benzene rings is 2. The molecule has 1 N–H and O–H groups in total. The standard InChI is InChI=1S/C21H24N2O3/c1-21(2,3)26-20(25)22-17-13-16-11-7-8-12-18(16)23(19(17)24)14-15-9-5-4-6-10-15/h4-12,17H,13-14H2,1-3H3,(H,22,25)/t17-/m1/s1. The van der Waals surface area contributed by atoms with Gasteiger partial charge in [0.2, 0.25) is 5.91 Å². The van der Waals surface area contributed by atoms with Crippen LogP contribution in [0.4, 0.5) is 10.5 Å². The molecule has 5 heteroatoms. The maximum Gasteiger partial charge on any atom is 0.408 e. The Morgan fingerprint density at radius 1 is 1.12 bits per heavy atom. The molecule has 26 heavy (non-hydrogen) atoms.